The van der Waals surface area contributed by atoms with E-state index in [9.17, 15) is 26.4 Å². The molecule has 0 aliphatic heterocycles. The van der Waals surface area contributed by atoms with Gasteiger partial charge in [-0.25, -0.2) is 8.42 Å². The smallest absolute Gasteiger partial charge is 0.465 e. The molecule has 11 heteroatoms. The molecule has 0 heterocycles. The van der Waals surface area contributed by atoms with Gasteiger partial charge in [-0.05, 0) is 31.0 Å². The molecule has 7 nitrogen and oxygen atoms in total. The molecule has 1 atom stereocenters. The SMILES string of the molecule is CCOC(=O)CN(C(C=CC#N)Cc1ccccc1)S(=O)(=O)c1ccccc1OC(F)(F)F. The Hall–Kier alpha value is -3.36. The predicted molar refractivity (Wildman–Crippen MR) is 112 cm³/mol. The third kappa shape index (κ3) is 7.62. The molecular weight excluding hydrogens is 461 g/mol. The van der Waals surface area contributed by atoms with Crippen molar-refractivity contribution in [2.24, 2.45) is 0 Å². The summed E-state index contributed by atoms with van der Waals surface area (Å²) in [6, 6.07) is 13.5. The normalized spacial score (nSPS) is 13.0. The van der Waals surface area contributed by atoms with Crippen molar-refractivity contribution in [3.63, 3.8) is 0 Å². The lowest BCUT2D eigenvalue weighted by atomic mass is 10.1. The van der Waals surface area contributed by atoms with E-state index < -0.39 is 45.6 Å². The summed E-state index contributed by atoms with van der Waals surface area (Å²) in [6.07, 6.45) is -2.79. The molecule has 0 amide bonds. The number of carbonyl (C=O) groups is 1. The van der Waals surface area contributed by atoms with Gasteiger partial charge in [0.15, 0.2) is 0 Å². The van der Waals surface area contributed by atoms with Gasteiger partial charge in [0.2, 0.25) is 10.0 Å². The lowest BCUT2D eigenvalue weighted by Gasteiger charge is -2.29. The van der Waals surface area contributed by atoms with Crippen molar-refractivity contribution in [2.75, 3.05) is 13.2 Å². The number of carbonyl (C=O) groups excluding carboxylic acids is 1. The van der Waals surface area contributed by atoms with Crippen LogP contribution in [0.15, 0.2) is 71.6 Å². The molecule has 0 aliphatic carbocycles. The maximum atomic E-state index is 13.5. The van der Waals surface area contributed by atoms with Crippen LogP contribution in [0.1, 0.15) is 12.5 Å². The minimum Gasteiger partial charge on any atom is -0.465 e. The van der Waals surface area contributed by atoms with Crippen LogP contribution in [0.2, 0.25) is 0 Å². The Morgan fingerprint density at radius 1 is 1.15 bits per heavy atom. The standard InChI is InChI=1S/C22H21F3N2O5S/c1-2-31-21(28)16-27(18(11-8-14-26)15-17-9-4-3-5-10-17)33(29,30)20-13-7-6-12-19(20)32-22(23,24)25/h3-13,18H,2,15-16H2,1H3. The zero-order valence-corrected chi connectivity index (χ0v) is 18.3. The van der Waals surface area contributed by atoms with Gasteiger partial charge in [-0.3, -0.25) is 4.79 Å². The highest BCUT2D eigenvalue weighted by molar-refractivity contribution is 7.89. The van der Waals surface area contributed by atoms with E-state index in [1.807, 2.05) is 0 Å². The zero-order chi connectivity index (χ0) is 24.5. The van der Waals surface area contributed by atoms with Crippen LogP contribution >= 0.6 is 0 Å². The topological polar surface area (TPSA) is 96.7 Å². The van der Waals surface area contributed by atoms with Gasteiger partial charge in [-0.1, -0.05) is 48.5 Å². The van der Waals surface area contributed by atoms with E-state index in [4.69, 9.17) is 10.00 Å². The van der Waals surface area contributed by atoms with Gasteiger partial charge >= 0.3 is 12.3 Å². The predicted octanol–water partition coefficient (Wildman–Crippen LogP) is 3.83. The highest BCUT2D eigenvalue weighted by atomic mass is 32.2. The third-order valence-corrected chi connectivity index (χ3v) is 6.21. The van der Waals surface area contributed by atoms with Crippen molar-refractivity contribution in [1.82, 2.24) is 4.31 Å². The Kier molecular flexibility index (Phi) is 9.02. The minimum atomic E-state index is -5.14. The first kappa shape index (κ1) is 25.9. The lowest BCUT2D eigenvalue weighted by Crippen LogP contribution is -2.44. The number of halogens is 3. The Morgan fingerprint density at radius 2 is 1.79 bits per heavy atom. The summed E-state index contributed by atoms with van der Waals surface area (Å²) >= 11 is 0. The molecule has 1 unspecified atom stereocenters. The van der Waals surface area contributed by atoms with E-state index in [1.54, 1.807) is 36.4 Å². The van der Waals surface area contributed by atoms with E-state index in [1.165, 1.54) is 25.1 Å². The number of allylic oxidation sites excluding steroid dienone is 1. The number of nitrogens with zero attached hydrogens (tertiary/aromatic N) is 2. The van der Waals surface area contributed by atoms with Crippen LogP contribution in [0, 0.1) is 11.3 Å². The first-order chi connectivity index (χ1) is 15.6. The summed E-state index contributed by atoms with van der Waals surface area (Å²) < 4.78 is 75.2. The van der Waals surface area contributed by atoms with Gasteiger partial charge in [-0.15, -0.1) is 13.2 Å². The van der Waals surface area contributed by atoms with Crippen molar-refractivity contribution < 1.29 is 35.9 Å². The average Bonchev–Trinajstić information content (AvgIpc) is 2.75. The van der Waals surface area contributed by atoms with Crippen LogP contribution in [0.25, 0.3) is 0 Å². The number of benzene rings is 2. The molecule has 0 aromatic heterocycles. The monoisotopic (exact) mass is 482 g/mol. The number of rotatable bonds is 10. The second kappa shape index (κ2) is 11.5. The second-order valence-corrected chi connectivity index (χ2v) is 8.45. The maximum Gasteiger partial charge on any atom is 0.573 e. The van der Waals surface area contributed by atoms with Crippen LogP contribution in [0.3, 0.4) is 0 Å². The molecule has 2 rings (SSSR count). The molecule has 0 N–H and O–H groups in total. The zero-order valence-electron chi connectivity index (χ0n) is 17.5. The van der Waals surface area contributed by atoms with E-state index in [0.29, 0.717) is 9.87 Å². The van der Waals surface area contributed by atoms with Gasteiger partial charge in [0.1, 0.15) is 17.2 Å². The summed E-state index contributed by atoms with van der Waals surface area (Å²) in [5, 5.41) is 8.98. The van der Waals surface area contributed by atoms with Crippen molar-refractivity contribution in [2.45, 2.75) is 30.6 Å². The molecule has 0 spiro atoms. The number of esters is 1. The Labute approximate surface area is 189 Å². The third-order valence-electron chi connectivity index (χ3n) is 4.30. The summed E-state index contributed by atoms with van der Waals surface area (Å²) in [7, 11) is -4.72. The quantitative estimate of drug-likeness (QED) is 0.377. The van der Waals surface area contributed by atoms with Gasteiger partial charge in [0, 0.05) is 12.1 Å². The van der Waals surface area contributed by atoms with E-state index >= 15 is 0 Å². The first-order valence-corrected chi connectivity index (χ1v) is 11.1. The summed E-state index contributed by atoms with van der Waals surface area (Å²) in [4.78, 5) is 11.5. The van der Waals surface area contributed by atoms with Crippen LogP contribution in [0.4, 0.5) is 13.2 Å². The van der Waals surface area contributed by atoms with Gasteiger partial charge in [0.25, 0.3) is 0 Å². The average molecular weight is 482 g/mol. The second-order valence-electron chi connectivity index (χ2n) is 6.60. The molecule has 0 saturated heterocycles. The number of nitriles is 1. The number of hydrogen-bond acceptors (Lipinski definition) is 6. The Bertz CT molecular complexity index is 1110. The minimum absolute atomic E-state index is 0.0299. The van der Waals surface area contributed by atoms with Crippen LogP contribution in [0.5, 0.6) is 5.75 Å². The Balaban J connectivity index is 2.60. The molecule has 33 heavy (non-hydrogen) atoms. The summed E-state index contributed by atoms with van der Waals surface area (Å²) in [5.41, 5.74) is 0.675. The molecule has 0 aliphatic rings. The molecule has 0 fully saturated rings. The number of para-hydroxylation sites is 1. The molecule has 0 bridgehead atoms. The summed E-state index contributed by atoms with van der Waals surface area (Å²) in [6.45, 7) is 0.710. The van der Waals surface area contributed by atoms with Gasteiger partial charge in [-0.2, -0.15) is 9.57 Å². The van der Waals surface area contributed by atoms with Crippen molar-refractivity contribution in [3.05, 3.63) is 72.3 Å². The number of hydrogen-bond donors (Lipinski definition) is 0. The maximum absolute atomic E-state index is 13.5. The van der Waals surface area contributed by atoms with Crippen molar-refractivity contribution in [3.8, 4) is 11.8 Å². The fourth-order valence-corrected chi connectivity index (χ4v) is 4.63. The van der Waals surface area contributed by atoms with E-state index in [0.717, 1.165) is 18.2 Å². The van der Waals surface area contributed by atoms with E-state index in [2.05, 4.69) is 4.74 Å². The molecule has 0 saturated carbocycles. The number of ether oxygens (including phenoxy) is 2. The van der Waals surface area contributed by atoms with Crippen LogP contribution < -0.4 is 4.74 Å². The summed E-state index contributed by atoms with van der Waals surface area (Å²) in [5.74, 6) is -1.85. The van der Waals surface area contributed by atoms with Crippen molar-refractivity contribution in [1.29, 1.82) is 5.26 Å². The first-order valence-electron chi connectivity index (χ1n) is 9.71. The fourth-order valence-electron chi connectivity index (χ4n) is 2.99. The van der Waals surface area contributed by atoms with E-state index in [-0.39, 0.29) is 13.0 Å². The number of sulfonamides is 1. The molecular formula is C22H21F3N2O5S. The fraction of sp³-hybridized carbons (Fsp3) is 0.273. The highest BCUT2D eigenvalue weighted by Crippen LogP contribution is 2.32. The highest BCUT2D eigenvalue weighted by Gasteiger charge is 2.38. The molecule has 2 aromatic rings. The Morgan fingerprint density at radius 3 is 2.39 bits per heavy atom. The van der Waals surface area contributed by atoms with Gasteiger partial charge < -0.3 is 9.47 Å². The van der Waals surface area contributed by atoms with Crippen molar-refractivity contribution >= 4 is 16.0 Å². The molecule has 2 aromatic carbocycles. The van der Waals surface area contributed by atoms with Crippen LogP contribution in [-0.2, 0) is 26.0 Å². The lowest BCUT2D eigenvalue weighted by molar-refractivity contribution is -0.275. The largest absolute Gasteiger partial charge is 0.573 e. The van der Waals surface area contributed by atoms with Crippen LogP contribution in [-0.4, -0.2) is 44.2 Å². The molecule has 0 radical (unpaired) electrons. The number of alkyl halides is 3. The van der Waals surface area contributed by atoms with Gasteiger partial charge in [0.05, 0.1) is 12.7 Å². The molecule has 176 valence electrons.